The zero-order valence-corrected chi connectivity index (χ0v) is 10.7. The zero-order chi connectivity index (χ0) is 12.4. The van der Waals surface area contributed by atoms with Crippen molar-refractivity contribution in [1.82, 2.24) is 10.6 Å². The van der Waals surface area contributed by atoms with Gasteiger partial charge < -0.3 is 15.7 Å². The van der Waals surface area contributed by atoms with Crippen LogP contribution >= 0.6 is 0 Å². The van der Waals surface area contributed by atoms with Gasteiger partial charge in [0.25, 0.3) is 0 Å². The lowest BCUT2D eigenvalue weighted by atomic mass is 9.90. The second kappa shape index (κ2) is 4.94. The summed E-state index contributed by atoms with van der Waals surface area (Å²) in [5.74, 6) is 0.136. The third-order valence-corrected chi connectivity index (χ3v) is 4.27. The number of nitrogens with one attached hydrogen (secondary N) is 2. The summed E-state index contributed by atoms with van der Waals surface area (Å²) < 4.78 is 0. The largest absolute Gasteiger partial charge is 0.396 e. The van der Waals surface area contributed by atoms with Crippen molar-refractivity contribution in [3.8, 4) is 0 Å². The Hall–Kier alpha value is -0.610. The fourth-order valence-electron chi connectivity index (χ4n) is 2.76. The number of aliphatic hydroxyl groups excluding tert-OH is 1. The van der Waals surface area contributed by atoms with Crippen LogP contribution in [0, 0.1) is 5.41 Å². The fraction of sp³-hybridized carbons (Fsp3) is 0.923. The molecule has 1 saturated carbocycles. The van der Waals surface area contributed by atoms with Gasteiger partial charge in [-0.2, -0.15) is 0 Å². The van der Waals surface area contributed by atoms with Gasteiger partial charge in [-0.1, -0.05) is 13.3 Å². The van der Waals surface area contributed by atoms with Gasteiger partial charge in [-0.25, -0.2) is 0 Å². The van der Waals surface area contributed by atoms with Crippen LogP contribution in [0.5, 0.6) is 0 Å². The van der Waals surface area contributed by atoms with E-state index in [1.165, 1.54) is 0 Å². The van der Waals surface area contributed by atoms with Crippen LogP contribution < -0.4 is 10.6 Å². The molecule has 0 aromatic rings. The highest BCUT2D eigenvalue weighted by molar-refractivity contribution is 5.86. The maximum Gasteiger partial charge on any atom is 0.240 e. The van der Waals surface area contributed by atoms with Crippen molar-refractivity contribution in [2.45, 2.75) is 51.0 Å². The average molecular weight is 240 g/mol. The molecule has 4 nitrogen and oxygen atoms in total. The molecule has 98 valence electrons. The van der Waals surface area contributed by atoms with Crippen LogP contribution in [0.2, 0.25) is 0 Å². The highest BCUT2D eigenvalue weighted by atomic mass is 16.3. The molecule has 2 aliphatic rings. The van der Waals surface area contributed by atoms with Crippen LogP contribution in [0.25, 0.3) is 0 Å². The van der Waals surface area contributed by atoms with E-state index >= 15 is 0 Å². The molecule has 0 bridgehead atoms. The molecule has 1 unspecified atom stereocenters. The highest BCUT2D eigenvalue weighted by Gasteiger charge is 2.45. The van der Waals surface area contributed by atoms with Gasteiger partial charge in [0, 0.05) is 12.0 Å². The molecule has 0 spiro atoms. The van der Waals surface area contributed by atoms with Crippen LogP contribution in [-0.4, -0.2) is 36.2 Å². The minimum atomic E-state index is -0.333. The Labute approximate surface area is 103 Å². The van der Waals surface area contributed by atoms with E-state index in [0.29, 0.717) is 6.54 Å². The summed E-state index contributed by atoms with van der Waals surface area (Å²) in [5, 5.41) is 15.6. The maximum absolute atomic E-state index is 12.3. The first-order valence-electron chi connectivity index (χ1n) is 6.81. The Balaban J connectivity index is 1.88. The van der Waals surface area contributed by atoms with Crippen LogP contribution in [0.15, 0.2) is 0 Å². The molecular formula is C13H24N2O2. The monoisotopic (exact) mass is 240 g/mol. The van der Waals surface area contributed by atoms with Gasteiger partial charge >= 0.3 is 0 Å². The van der Waals surface area contributed by atoms with E-state index in [-0.39, 0.29) is 23.5 Å². The van der Waals surface area contributed by atoms with Crippen LogP contribution in [-0.2, 0) is 4.79 Å². The van der Waals surface area contributed by atoms with Crippen molar-refractivity contribution in [2.24, 2.45) is 5.41 Å². The Morgan fingerprint density at radius 2 is 2.18 bits per heavy atom. The lowest BCUT2D eigenvalue weighted by Gasteiger charge is -2.28. The minimum absolute atomic E-state index is 0.00166. The van der Waals surface area contributed by atoms with Crippen molar-refractivity contribution in [2.75, 3.05) is 19.7 Å². The molecule has 2 rings (SSSR count). The first-order valence-corrected chi connectivity index (χ1v) is 6.81. The van der Waals surface area contributed by atoms with E-state index < -0.39 is 0 Å². The van der Waals surface area contributed by atoms with Crippen molar-refractivity contribution < 1.29 is 9.90 Å². The lowest BCUT2D eigenvalue weighted by Crippen LogP contribution is -2.54. The van der Waals surface area contributed by atoms with Crippen molar-refractivity contribution in [3.05, 3.63) is 0 Å². The number of hydrogen-bond donors (Lipinski definition) is 3. The molecule has 4 heteroatoms. The fourth-order valence-corrected chi connectivity index (χ4v) is 2.76. The molecule has 0 aromatic carbocycles. The summed E-state index contributed by atoms with van der Waals surface area (Å²) in [6.07, 6.45) is 6.03. The second-order valence-corrected chi connectivity index (χ2v) is 5.70. The lowest BCUT2D eigenvalue weighted by molar-refractivity contribution is -0.127. The Morgan fingerprint density at radius 3 is 2.65 bits per heavy atom. The first kappa shape index (κ1) is 12.8. The van der Waals surface area contributed by atoms with Crippen molar-refractivity contribution in [3.63, 3.8) is 0 Å². The Kier molecular flexibility index (Phi) is 3.73. The standard InChI is InChI=1S/C13H24N2O2/c1-2-4-13(5-3-8-15-13)11(17)14-9-12(10-16)6-7-12/h15-16H,2-10H2,1H3,(H,14,17). The van der Waals surface area contributed by atoms with Gasteiger partial charge in [0.1, 0.15) is 0 Å². The average Bonchev–Trinajstić information content (AvgIpc) is 2.98. The molecule has 1 amide bonds. The predicted octanol–water partition coefficient (Wildman–Crippen LogP) is 0.797. The quantitative estimate of drug-likeness (QED) is 0.643. The Bertz CT molecular complexity index is 281. The number of carbonyl (C=O) groups is 1. The van der Waals surface area contributed by atoms with Gasteiger partial charge in [-0.15, -0.1) is 0 Å². The third-order valence-electron chi connectivity index (χ3n) is 4.27. The van der Waals surface area contributed by atoms with Gasteiger partial charge in [-0.05, 0) is 38.6 Å². The molecular weight excluding hydrogens is 216 g/mol. The predicted molar refractivity (Wildman–Crippen MR) is 66.6 cm³/mol. The van der Waals surface area contributed by atoms with Crippen LogP contribution in [0.1, 0.15) is 45.4 Å². The van der Waals surface area contributed by atoms with Gasteiger partial charge in [0.15, 0.2) is 0 Å². The molecule has 17 heavy (non-hydrogen) atoms. The summed E-state index contributed by atoms with van der Waals surface area (Å²) in [6, 6.07) is 0. The third kappa shape index (κ3) is 2.63. The van der Waals surface area contributed by atoms with Gasteiger partial charge in [0.2, 0.25) is 5.91 Å². The summed E-state index contributed by atoms with van der Waals surface area (Å²) in [6.45, 7) is 3.89. The molecule has 0 aromatic heterocycles. The summed E-state index contributed by atoms with van der Waals surface area (Å²) >= 11 is 0. The topological polar surface area (TPSA) is 61.4 Å². The molecule has 2 fully saturated rings. The normalized spacial score (nSPS) is 30.2. The number of rotatable bonds is 6. The van der Waals surface area contributed by atoms with Crippen LogP contribution in [0.4, 0.5) is 0 Å². The second-order valence-electron chi connectivity index (χ2n) is 5.70. The smallest absolute Gasteiger partial charge is 0.240 e. The molecule has 1 aliphatic carbocycles. The Morgan fingerprint density at radius 1 is 1.41 bits per heavy atom. The summed E-state index contributed by atoms with van der Waals surface area (Å²) in [4.78, 5) is 12.3. The number of amides is 1. The summed E-state index contributed by atoms with van der Waals surface area (Å²) in [7, 11) is 0. The maximum atomic E-state index is 12.3. The highest BCUT2D eigenvalue weighted by Crippen LogP contribution is 2.44. The van der Waals surface area contributed by atoms with Gasteiger partial charge in [-0.3, -0.25) is 4.79 Å². The van der Waals surface area contributed by atoms with Crippen LogP contribution in [0.3, 0.4) is 0 Å². The van der Waals surface area contributed by atoms with E-state index in [2.05, 4.69) is 17.6 Å². The molecule has 3 N–H and O–H groups in total. The van der Waals surface area contributed by atoms with Gasteiger partial charge in [0.05, 0.1) is 12.1 Å². The van der Waals surface area contributed by atoms with E-state index in [1.54, 1.807) is 0 Å². The molecule has 1 aliphatic heterocycles. The van der Waals surface area contributed by atoms with E-state index in [0.717, 1.165) is 45.1 Å². The molecule has 0 radical (unpaired) electrons. The molecule has 1 saturated heterocycles. The first-order chi connectivity index (χ1) is 8.16. The number of carbonyl (C=O) groups excluding carboxylic acids is 1. The van der Waals surface area contributed by atoms with E-state index in [9.17, 15) is 9.90 Å². The zero-order valence-electron chi connectivity index (χ0n) is 10.7. The molecule has 1 heterocycles. The molecule has 1 atom stereocenters. The number of hydrogen-bond acceptors (Lipinski definition) is 3. The summed E-state index contributed by atoms with van der Waals surface area (Å²) in [5.41, 5.74) is -0.331. The SMILES string of the molecule is CCCC1(C(=O)NCC2(CO)CC2)CCCN1. The number of aliphatic hydroxyl groups is 1. The van der Waals surface area contributed by atoms with Crippen molar-refractivity contribution in [1.29, 1.82) is 0 Å². The van der Waals surface area contributed by atoms with E-state index in [4.69, 9.17) is 0 Å². The minimum Gasteiger partial charge on any atom is -0.396 e. The van der Waals surface area contributed by atoms with Crippen molar-refractivity contribution >= 4 is 5.91 Å². The van der Waals surface area contributed by atoms with E-state index in [1.807, 2.05) is 0 Å².